The van der Waals surface area contributed by atoms with Crippen LogP contribution in [0.25, 0.3) is 0 Å². The zero-order valence-electron chi connectivity index (χ0n) is 11.8. The number of carboxylic acids is 1. The summed E-state index contributed by atoms with van der Waals surface area (Å²) in [5, 5.41) is 25.5. The van der Waals surface area contributed by atoms with Crippen molar-refractivity contribution in [2.45, 2.75) is 42.3 Å². The molecule has 1 aromatic rings. The Kier molecular flexibility index (Phi) is 11.0. The van der Waals surface area contributed by atoms with Crippen LogP contribution in [-0.2, 0) is 4.79 Å². The third-order valence-electron chi connectivity index (χ3n) is 2.51. The molecule has 0 fully saturated rings. The average molecular weight is 421 g/mol. The summed E-state index contributed by atoms with van der Waals surface area (Å²) in [6, 6.07) is 8.04. The van der Waals surface area contributed by atoms with Gasteiger partial charge in [-0.1, -0.05) is 45.2 Å². The van der Waals surface area contributed by atoms with Gasteiger partial charge >= 0.3 is 5.97 Å². The van der Waals surface area contributed by atoms with Gasteiger partial charge in [-0.15, -0.1) is 0 Å². The van der Waals surface area contributed by atoms with E-state index >= 15 is 0 Å². The number of aromatic hydroxyl groups is 1. The largest absolute Gasteiger partial charge is 0.508 e. The highest BCUT2D eigenvalue weighted by Crippen LogP contribution is 2.20. The van der Waals surface area contributed by atoms with E-state index in [0.717, 1.165) is 19.3 Å². The number of nitriles is 1. The second-order valence-corrected chi connectivity index (χ2v) is 7.07. The molecule has 4 nitrogen and oxygen atoms in total. The molecule has 1 rings (SSSR count). The van der Waals surface area contributed by atoms with E-state index in [4.69, 9.17) is 15.5 Å². The summed E-state index contributed by atoms with van der Waals surface area (Å²) in [7, 11) is 0. The van der Waals surface area contributed by atoms with Gasteiger partial charge in [0.1, 0.15) is 5.75 Å². The minimum atomic E-state index is -0.743. The Balaban J connectivity index is 0.000000394. The minimum absolute atomic E-state index is 0.0888. The molecular weight excluding hydrogens is 402 g/mol. The van der Waals surface area contributed by atoms with Crippen molar-refractivity contribution in [1.29, 1.82) is 5.26 Å². The summed E-state index contributed by atoms with van der Waals surface area (Å²) < 4.78 is 0. The van der Waals surface area contributed by atoms with E-state index in [1.54, 1.807) is 12.1 Å². The number of phenolic OH excluding ortho intramolecular Hbond substituents is 1. The van der Waals surface area contributed by atoms with Crippen LogP contribution in [-0.4, -0.2) is 25.8 Å². The Bertz CT molecular complexity index is 457. The molecule has 0 saturated carbocycles. The van der Waals surface area contributed by atoms with Crippen molar-refractivity contribution in [3.8, 4) is 11.8 Å². The molecule has 0 saturated heterocycles. The molecule has 1 aromatic carbocycles. The molecule has 0 spiro atoms. The molecule has 0 amide bonds. The number of halogens is 2. The standard InChI is InChI=1S/C8H14Br2O2.C7H5NO/c1-2-3-6(9)4-7(10)5-8(11)12;8-5-6-1-3-7(9)4-2-6/h6-7H,2-5H2,1H3,(H,11,12);1-4,9H. The van der Waals surface area contributed by atoms with E-state index in [1.807, 2.05) is 6.07 Å². The van der Waals surface area contributed by atoms with Crippen LogP contribution in [0.2, 0.25) is 0 Å². The van der Waals surface area contributed by atoms with Crippen molar-refractivity contribution in [2.75, 3.05) is 0 Å². The van der Waals surface area contributed by atoms with Crippen molar-refractivity contribution in [2.24, 2.45) is 0 Å². The molecule has 0 bridgehead atoms. The number of hydrogen-bond donors (Lipinski definition) is 2. The van der Waals surface area contributed by atoms with E-state index in [0.29, 0.717) is 10.4 Å². The smallest absolute Gasteiger partial charge is 0.304 e. The van der Waals surface area contributed by atoms with Crippen LogP contribution in [0.1, 0.15) is 38.2 Å². The van der Waals surface area contributed by atoms with Crippen LogP contribution in [0.3, 0.4) is 0 Å². The number of nitrogens with zero attached hydrogens (tertiary/aromatic N) is 1. The number of alkyl halides is 2. The van der Waals surface area contributed by atoms with Crippen molar-refractivity contribution in [3.05, 3.63) is 29.8 Å². The predicted octanol–water partition coefficient (Wildman–Crippen LogP) is 4.44. The number of rotatable bonds is 6. The third-order valence-corrected chi connectivity index (χ3v) is 4.04. The summed E-state index contributed by atoms with van der Waals surface area (Å²) in [6.07, 6.45) is 3.30. The fraction of sp³-hybridized carbons (Fsp3) is 0.467. The van der Waals surface area contributed by atoms with Crippen LogP contribution in [0.5, 0.6) is 5.75 Å². The summed E-state index contributed by atoms with van der Waals surface area (Å²) in [4.78, 5) is 10.8. The third kappa shape index (κ3) is 11.3. The number of phenols is 1. The molecule has 116 valence electrons. The normalized spacial score (nSPS) is 12.5. The fourth-order valence-electron chi connectivity index (χ4n) is 1.52. The Labute approximate surface area is 142 Å². The van der Waals surface area contributed by atoms with Gasteiger partial charge in [0.15, 0.2) is 0 Å². The second kappa shape index (κ2) is 11.6. The minimum Gasteiger partial charge on any atom is -0.508 e. The number of benzene rings is 1. The van der Waals surface area contributed by atoms with Gasteiger partial charge in [0, 0.05) is 9.65 Å². The van der Waals surface area contributed by atoms with E-state index in [2.05, 4.69) is 38.8 Å². The SMILES string of the molecule is CCCC(Br)CC(Br)CC(=O)O.N#Cc1ccc(O)cc1. The van der Waals surface area contributed by atoms with Crippen LogP contribution >= 0.6 is 31.9 Å². The number of carboxylic acid groups (broad SMARTS) is 1. The molecular formula is C15H19Br2NO3. The van der Waals surface area contributed by atoms with E-state index in [-0.39, 0.29) is 17.0 Å². The molecule has 0 aromatic heterocycles. The lowest BCUT2D eigenvalue weighted by molar-refractivity contribution is -0.136. The zero-order chi connectivity index (χ0) is 16.3. The van der Waals surface area contributed by atoms with Gasteiger partial charge in [0.05, 0.1) is 18.1 Å². The van der Waals surface area contributed by atoms with Gasteiger partial charge < -0.3 is 10.2 Å². The van der Waals surface area contributed by atoms with Gasteiger partial charge in [0.25, 0.3) is 0 Å². The lowest BCUT2D eigenvalue weighted by atomic mass is 10.1. The zero-order valence-corrected chi connectivity index (χ0v) is 15.0. The topological polar surface area (TPSA) is 81.3 Å². The highest BCUT2D eigenvalue weighted by Gasteiger charge is 2.13. The first kappa shape index (κ1) is 19.9. The maximum Gasteiger partial charge on any atom is 0.304 e. The molecule has 0 aliphatic heterocycles. The van der Waals surface area contributed by atoms with Crippen molar-refractivity contribution < 1.29 is 15.0 Å². The molecule has 2 atom stereocenters. The summed E-state index contributed by atoms with van der Waals surface area (Å²) in [5.41, 5.74) is 0.563. The second-order valence-electron chi connectivity index (χ2n) is 4.48. The Morgan fingerprint density at radius 1 is 1.29 bits per heavy atom. The van der Waals surface area contributed by atoms with E-state index < -0.39 is 5.97 Å². The first-order chi connectivity index (χ1) is 9.88. The Morgan fingerprint density at radius 2 is 1.86 bits per heavy atom. The van der Waals surface area contributed by atoms with Crippen LogP contribution in [0.4, 0.5) is 0 Å². The number of carbonyl (C=O) groups is 1. The van der Waals surface area contributed by atoms with Gasteiger partial charge in [0.2, 0.25) is 0 Å². The van der Waals surface area contributed by atoms with Crippen LogP contribution < -0.4 is 0 Å². The number of aliphatic carboxylic acids is 1. The lowest BCUT2D eigenvalue weighted by Crippen LogP contribution is -2.11. The molecule has 2 N–H and O–H groups in total. The number of hydrogen-bond acceptors (Lipinski definition) is 3. The first-order valence-electron chi connectivity index (χ1n) is 6.58. The van der Waals surface area contributed by atoms with Gasteiger partial charge in [-0.3, -0.25) is 4.79 Å². The molecule has 21 heavy (non-hydrogen) atoms. The van der Waals surface area contributed by atoms with Gasteiger partial charge in [-0.2, -0.15) is 5.26 Å². The molecule has 2 unspecified atom stereocenters. The summed E-state index contributed by atoms with van der Waals surface area (Å²) in [6.45, 7) is 2.12. The summed E-state index contributed by atoms with van der Waals surface area (Å²) >= 11 is 6.84. The maximum absolute atomic E-state index is 10.3. The summed E-state index contributed by atoms with van der Waals surface area (Å²) in [5.74, 6) is -0.554. The molecule has 0 radical (unpaired) electrons. The fourth-order valence-corrected chi connectivity index (χ4v) is 3.66. The monoisotopic (exact) mass is 419 g/mol. The Hall–Kier alpha value is -1.06. The average Bonchev–Trinajstić information content (AvgIpc) is 2.39. The molecule has 0 heterocycles. The molecule has 0 aliphatic carbocycles. The van der Waals surface area contributed by atoms with Gasteiger partial charge in [-0.05, 0) is 37.1 Å². The van der Waals surface area contributed by atoms with Gasteiger partial charge in [-0.25, -0.2) is 0 Å². The van der Waals surface area contributed by atoms with E-state index in [9.17, 15) is 4.79 Å². The van der Waals surface area contributed by atoms with Crippen LogP contribution in [0, 0.1) is 11.3 Å². The maximum atomic E-state index is 10.3. The lowest BCUT2D eigenvalue weighted by Gasteiger charge is -2.11. The van der Waals surface area contributed by atoms with E-state index in [1.165, 1.54) is 12.1 Å². The molecule has 6 heteroatoms. The highest BCUT2D eigenvalue weighted by atomic mass is 79.9. The van der Waals surface area contributed by atoms with Crippen LogP contribution in [0.15, 0.2) is 24.3 Å². The Morgan fingerprint density at radius 3 is 2.29 bits per heavy atom. The van der Waals surface area contributed by atoms with Crippen molar-refractivity contribution in [3.63, 3.8) is 0 Å². The predicted molar refractivity (Wildman–Crippen MR) is 90.0 cm³/mol. The quantitative estimate of drug-likeness (QED) is 0.666. The highest BCUT2D eigenvalue weighted by molar-refractivity contribution is 9.10. The van der Waals surface area contributed by atoms with Crippen molar-refractivity contribution in [1.82, 2.24) is 0 Å². The molecule has 0 aliphatic rings. The first-order valence-corrected chi connectivity index (χ1v) is 8.41. The van der Waals surface area contributed by atoms with Crippen molar-refractivity contribution >= 4 is 37.8 Å².